The Morgan fingerprint density at radius 3 is 2.08 bits per heavy atom. The van der Waals surface area contributed by atoms with Crippen LogP contribution in [0.3, 0.4) is 0 Å². The molecule has 0 unspecified atom stereocenters. The highest BCUT2D eigenvalue weighted by Crippen LogP contribution is 2.03. The summed E-state index contributed by atoms with van der Waals surface area (Å²) in [6.45, 7) is 6.85. The van der Waals surface area contributed by atoms with E-state index in [-0.39, 0.29) is 24.8 Å². The Morgan fingerprint density at radius 1 is 0.833 bits per heavy atom. The first-order valence-electron chi connectivity index (χ1n) is 9.15. The lowest BCUT2D eigenvalue weighted by molar-refractivity contribution is -0.145. The van der Waals surface area contributed by atoms with Crippen molar-refractivity contribution >= 4 is 11.9 Å². The minimum Gasteiger partial charge on any atom is -0.466 e. The average Bonchev–Trinajstić information content (AvgIpc) is 2.53. The summed E-state index contributed by atoms with van der Waals surface area (Å²) in [6, 6.07) is 0. The fourth-order valence-corrected chi connectivity index (χ4v) is 1.96. The monoisotopic (exact) mass is 338 g/mol. The molecule has 0 aliphatic carbocycles. The summed E-state index contributed by atoms with van der Waals surface area (Å²) < 4.78 is 10.2. The second-order valence-electron chi connectivity index (χ2n) is 6.15. The van der Waals surface area contributed by atoms with Crippen LogP contribution in [-0.2, 0) is 19.1 Å². The van der Waals surface area contributed by atoms with Crippen molar-refractivity contribution in [1.29, 1.82) is 0 Å². The minimum atomic E-state index is -0.270. The van der Waals surface area contributed by atoms with Crippen molar-refractivity contribution in [2.75, 3.05) is 13.2 Å². The second-order valence-corrected chi connectivity index (χ2v) is 6.15. The number of rotatable bonds is 14. The third kappa shape index (κ3) is 16.8. The van der Waals surface area contributed by atoms with Gasteiger partial charge in [-0.2, -0.15) is 0 Å². The maximum Gasteiger partial charge on any atom is 0.306 e. The molecule has 0 heterocycles. The van der Waals surface area contributed by atoms with Crippen LogP contribution in [0.15, 0.2) is 23.8 Å². The number of ether oxygens (including phenoxy) is 2. The topological polar surface area (TPSA) is 52.6 Å². The average molecular weight is 338 g/mol. The molecule has 0 radical (unpaired) electrons. The minimum absolute atomic E-state index is 0.237. The van der Waals surface area contributed by atoms with Gasteiger partial charge in [-0.15, -0.1) is 0 Å². The van der Waals surface area contributed by atoms with Gasteiger partial charge in [-0.05, 0) is 52.0 Å². The Bertz CT molecular complexity index is 392. The van der Waals surface area contributed by atoms with E-state index in [4.69, 9.17) is 9.47 Å². The fraction of sp³-hybridized carbons (Fsp3) is 0.700. The summed E-state index contributed by atoms with van der Waals surface area (Å²) in [6.07, 6.45) is 13.9. The molecule has 0 spiro atoms. The zero-order valence-electron chi connectivity index (χ0n) is 15.6. The molecule has 0 atom stereocenters. The molecule has 4 nitrogen and oxygen atoms in total. The predicted octanol–water partition coefficient (Wildman–Crippen LogP) is 5.13. The Labute approximate surface area is 147 Å². The highest BCUT2D eigenvalue weighted by molar-refractivity contribution is 5.72. The van der Waals surface area contributed by atoms with Crippen molar-refractivity contribution in [3.05, 3.63) is 23.8 Å². The zero-order chi connectivity index (χ0) is 18.0. The van der Waals surface area contributed by atoms with Crippen LogP contribution in [0, 0.1) is 0 Å². The smallest absolute Gasteiger partial charge is 0.306 e. The van der Waals surface area contributed by atoms with Crippen molar-refractivity contribution in [1.82, 2.24) is 0 Å². The molecular formula is C20H34O4. The van der Waals surface area contributed by atoms with Gasteiger partial charge in [0, 0.05) is 12.8 Å². The first-order valence-corrected chi connectivity index (χ1v) is 9.15. The van der Waals surface area contributed by atoms with Gasteiger partial charge in [0.05, 0.1) is 6.61 Å². The molecule has 0 aromatic rings. The van der Waals surface area contributed by atoms with Crippen LogP contribution in [0.1, 0.15) is 78.6 Å². The molecule has 0 aromatic carbocycles. The molecule has 0 rings (SSSR count). The Morgan fingerprint density at radius 2 is 1.46 bits per heavy atom. The molecule has 0 saturated carbocycles. The third-order valence-corrected chi connectivity index (χ3v) is 3.42. The number of hydrogen-bond donors (Lipinski definition) is 0. The standard InChI is InChI=1S/C20H34O4/c1-4-5-6-7-8-9-10-11-16-23-19(21)13-12-14-20(22)24-17-15-18(2)3/h8-9,15H,4-7,10-14,16-17H2,1-3H3/b9-8+. The maximum atomic E-state index is 11.5. The summed E-state index contributed by atoms with van der Waals surface area (Å²) >= 11 is 0. The second kappa shape index (κ2) is 16.3. The highest BCUT2D eigenvalue weighted by Gasteiger charge is 2.06. The van der Waals surface area contributed by atoms with Crippen LogP contribution in [0.4, 0.5) is 0 Å². The molecule has 4 heteroatoms. The molecule has 0 saturated heterocycles. The van der Waals surface area contributed by atoms with E-state index >= 15 is 0 Å². The molecular weight excluding hydrogens is 304 g/mol. The van der Waals surface area contributed by atoms with Gasteiger partial charge in [0.1, 0.15) is 6.61 Å². The van der Waals surface area contributed by atoms with E-state index in [1.807, 2.05) is 19.9 Å². The predicted molar refractivity (Wildman–Crippen MR) is 97.7 cm³/mol. The van der Waals surface area contributed by atoms with E-state index in [2.05, 4.69) is 19.1 Å². The third-order valence-electron chi connectivity index (χ3n) is 3.42. The molecule has 0 aliphatic heterocycles. The van der Waals surface area contributed by atoms with Gasteiger partial charge in [-0.25, -0.2) is 0 Å². The molecule has 0 amide bonds. The first kappa shape index (κ1) is 22.4. The lowest BCUT2D eigenvalue weighted by Crippen LogP contribution is -2.08. The first-order chi connectivity index (χ1) is 11.6. The van der Waals surface area contributed by atoms with Crippen LogP contribution in [-0.4, -0.2) is 25.2 Å². The van der Waals surface area contributed by atoms with E-state index in [0.717, 1.165) is 24.8 Å². The zero-order valence-corrected chi connectivity index (χ0v) is 15.6. The van der Waals surface area contributed by atoms with Gasteiger partial charge in [0.25, 0.3) is 0 Å². The van der Waals surface area contributed by atoms with Crippen molar-refractivity contribution < 1.29 is 19.1 Å². The van der Waals surface area contributed by atoms with E-state index in [1.54, 1.807) is 0 Å². The molecule has 0 aromatic heterocycles. The van der Waals surface area contributed by atoms with Gasteiger partial charge < -0.3 is 9.47 Å². The van der Waals surface area contributed by atoms with E-state index < -0.39 is 0 Å². The number of carbonyl (C=O) groups is 2. The van der Waals surface area contributed by atoms with E-state index in [9.17, 15) is 9.59 Å². The lowest BCUT2D eigenvalue weighted by atomic mass is 10.2. The summed E-state index contributed by atoms with van der Waals surface area (Å²) in [5.41, 5.74) is 1.11. The summed E-state index contributed by atoms with van der Waals surface area (Å²) in [7, 11) is 0. The van der Waals surface area contributed by atoms with Crippen molar-refractivity contribution in [2.24, 2.45) is 0 Å². The molecule has 24 heavy (non-hydrogen) atoms. The Kier molecular flexibility index (Phi) is 15.2. The number of hydrogen-bond acceptors (Lipinski definition) is 4. The molecule has 0 N–H and O–H groups in total. The van der Waals surface area contributed by atoms with E-state index in [0.29, 0.717) is 19.6 Å². The van der Waals surface area contributed by atoms with Gasteiger partial charge in [-0.3, -0.25) is 9.59 Å². The lowest BCUT2D eigenvalue weighted by Gasteiger charge is -2.04. The van der Waals surface area contributed by atoms with Gasteiger partial charge in [0.15, 0.2) is 0 Å². The van der Waals surface area contributed by atoms with Gasteiger partial charge in [-0.1, -0.05) is 37.5 Å². The van der Waals surface area contributed by atoms with Crippen LogP contribution in [0.25, 0.3) is 0 Å². The van der Waals surface area contributed by atoms with Gasteiger partial charge >= 0.3 is 11.9 Å². The number of unbranched alkanes of at least 4 members (excludes halogenated alkanes) is 4. The van der Waals surface area contributed by atoms with Crippen molar-refractivity contribution in [2.45, 2.75) is 78.6 Å². The largest absolute Gasteiger partial charge is 0.466 e. The van der Waals surface area contributed by atoms with Gasteiger partial charge in [0.2, 0.25) is 0 Å². The van der Waals surface area contributed by atoms with E-state index in [1.165, 1.54) is 19.3 Å². The quantitative estimate of drug-likeness (QED) is 0.250. The normalized spacial score (nSPS) is 10.6. The number of allylic oxidation sites excluding steroid dienone is 3. The Hall–Kier alpha value is -1.58. The summed E-state index contributed by atoms with van der Waals surface area (Å²) in [4.78, 5) is 23.0. The van der Waals surface area contributed by atoms with Crippen LogP contribution in [0.2, 0.25) is 0 Å². The van der Waals surface area contributed by atoms with Crippen LogP contribution >= 0.6 is 0 Å². The summed E-state index contributed by atoms with van der Waals surface area (Å²) in [5.74, 6) is -0.507. The molecule has 138 valence electrons. The molecule has 0 bridgehead atoms. The maximum absolute atomic E-state index is 11.5. The molecule has 0 aliphatic rings. The highest BCUT2D eigenvalue weighted by atomic mass is 16.5. The fourth-order valence-electron chi connectivity index (χ4n) is 1.96. The van der Waals surface area contributed by atoms with Crippen LogP contribution in [0.5, 0.6) is 0 Å². The SMILES string of the molecule is CCCCC/C=C/CCCOC(=O)CCCC(=O)OCC=C(C)C. The Balaban J connectivity index is 3.47. The van der Waals surface area contributed by atoms with Crippen LogP contribution < -0.4 is 0 Å². The number of carbonyl (C=O) groups excluding carboxylic acids is 2. The van der Waals surface area contributed by atoms with Crippen molar-refractivity contribution in [3.63, 3.8) is 0 Å². The summed E-state index contributed by atoms with van der Waals surface area (Å²) in [5, 5.41) is 0. The molecule has 0 fully saturated rings. The number of esters is 2. The van der Waals surface area contributed by atoms with Crippen molar-refractivity contribution in [3.8, 4) is 0 Å².